The molecule has 2 N–H and O–H groups in total. The first-order chi connectivity index (χ1) is 18.8. The Kier molecular flexibility index (Phi) is 9.80. The summed E-state index contributed by atoms with van der Waals surface area (Å²) in [5, 5.41) is 13.6. The summed E-state index contributed by atoms with van der Waals surface area (Å²) in [5.41, 5.74) is 5.18. The Morgan fingerprint density at radius 3 is 1.97 bits per heavy atom. The Balaban J connectivity index is 1.56. The quantitative estimate of drug-likeness (QED) is 0.195. The fraction of sp³-hybridized carbons (Fsp3) is 0.212. The van der Waals surface area contributed by atoms with E-state index in [4.69, 9.17) is 23.2 Å². The summed E-state index contributed by atoms with van der Waals surface area (Å²) in [7, 11) is 0. The molecule has 1 amide bonds. The second-order valence-electron chi connectivity index (χ2n) is 9.81. The molecule has 0 fully saturated rings. The zero-order chi connectivity index (χ0) is 27.8. The van der Waals surface area contributed by atoms with Crippen LogP contribution in [0.1, 0.15) is 48.3 Å². The molecule has 0 aliphatic rings. The third kappa shape index (κ3) is 7.95. The minimum Gasteiger partial charge on any atom is -0.481 e. The smallest absolute Gasteiger partial charge is 0.303 e. The van der Waals surface area contributed by atoms with Crippen LogP contribution in [0.15, 0.2) is 103 Å². The number of hydrogen-bond donors (Lipinski definition) is 2. The molecule has 2 unspecified atom stereocenters. The number of carbonyl (C=O) groups excluding carboxylic acids is 1. The maximum atomic E-state index is 13.2. The van der Waals surface area contributed by atoms with Gasteiger partial charge in [-0.2, -0.15) is 0 Å². The topological polar surface area (TPSA) is 66.4 Å². The molecule has 39 heavy (non-hydrogen) atoms. The van der Waals surface area contributed by atoms with Crippen molar-refractivity contribution in [1.29, 1.82) is 0 Å². The molecule has 0 saturated carbocycles. The number of carbonyl (C=O) groups is 2. The molecule has 0 bridgehead atoms. The molecule has 0 heterocycles. The molecule has 6 heteroatoms. The van der Waals surface area contributed by atoms with Crippen LogP contribution < -0.4 is 5.32 Å². The molecule has 4 aromatic carbocycles. The Bertz CT molecular complexity index is 1390. The van der Waals surface area contributed by atoms with Crippen molar-refractivity contribution in [3.63, 3.8) is 0 Å². The third-order valence-corrected chi connectivity index (χ3v) is 7.74. The largest absolute Gasteiger partial charge is 0.481 e. The summed E-state index contributed by atoms with van der Waals surface area (Å²) in [6.07, 6.45) is 0.618. The van der Waals surface area contributed by atoms with Gasteiger partial charge < -0.3 is 10.4 Å². The molecule has 0 aromatic heterocycles. The van der Waals surface area contributed by atoms with E-state index in [9.17, 15) is 14.7 Å². The molecule has 200 valence electrons. The highest BCUT2D eigenvalue weighted by molar-refractivity contribution is 6.42. The van der Waals surface area contributed by atoms with Gasteiger partial charge in [-0.05, 0) is 53.3 Å². The summed E-state index contributed by atoms with van der Waals surface area (Å²) >= 11 is 12.4. The van der Waals surface area contributed by atoms with E-state index in [1.54, 1.807) is 6.07 Å². The van der Waals surface area contributed by atoms with Gasteiger partial charge in [-0.15, -0.1) is 0 Å². The highest BCUT2D eigenvalue weighted by Crippen LogP contribution is 2.31. The van der Waals surface area contributed by atoms with Gasteiger partial charge in [-0.1, -0.05) is 114 Å². The lowest BCUT2D eigenvalue weighted by Gasteiger charge is -2.27. The van der Waals surface area contributed by atoms with E-state index in [0.29, 0.717) is 16.5 Å². The van der Waals surface area contributed by atoms with Crippen LogP contribution in [0.3, 0.4) is 0 Å². The molecular formula is C33H31Cl2NO3. The van der Waals surface area contributed by atoms with Crippen molar-refractivity contribution in [2.45, 2.75) is 44.1 Å². The predicted molar refractivity (Wildman–Crippen MR) is 158 cm³/mol. The van der Waals surface area contributed by atoms with E-state index >= 15 is 0 Å². The van der Waals surface area contributed by atoms with Crippen LogP contribution in [0, 0.1) is 0 Å². The predicted octanol–water partition coefficient (Wildman–Crippen LogP) is 8.14. The maximum Gasteiger partial charge on any atom is 0.303 e. The Morgan fingerprint density at radius 2 is 1.36 bits per heavy atom. The minimum absolute atomic E-state index is 0.0503. The Labute approximate surface area is 239 Å². The van der Waals surface area contributed by atoms with E-state index in [1.165, 1.54) is 0 Å². The van der Waals surface area contributed by atoms with Gasteiger partial charge in [0.25, 0.3) is 0 Å². The molecule has 4 nitrogen and oxygen atoms in total. The fourth-order valence-corrected chi connectivity index (χ4v) is 5.26. The summed E-state index contributed by atoms with van der Waals surface area (Å²) in [5.74, 6) is -1.57. The van der Waals surface area contributed by atoms with Crippen LogP contribution in [0.25, 0.3) is 11.1 Å². The van der Waals surface area contributed by atoms with Gasteiger partial charge in [0.05, 0.1) is 16.5 Å². The molecule has 0 aliphatic carbocycles. The van der Waals surface area contributed by atoms with Gasteiger partial charge >= 0.3 is 5.97 Å². The fourth-order valence-electron chi connectivity index (χ4n) is 4.94. The van der Waals surface area contributed by atoms with Gasteiger partial charge in [0.1, 0.15) is 0 Å². The first kappa shape index (κ1) is 28.4. The van der Waals surface area contributed by atoms with Crippen molar-refractivity contribution < 1.29 is 14.7 Å². The molecule has 0 radical (unpaired) electrons. The maximum absolute atomic E-state index is 13.2. The number of carboxylic acid groups (broad SMARTS) is 1. The zero-order valence-corrected chi connectivity index (χ0v) is 23.2. The van der Waals surface area contributed by atoms with E-state index in [1.807, 2.05) is 67.6 Å². The number of hydrogen-bond acceptors (Lipinski definition) is 2. The zero-order valence-electron chi connectivity index (χ0n) is 21.7. The van der Waals surface area contributed by atoms with Crippen LogP contribution in [0.2, 0.25) is 10.0 Å². The van der Waals surface area contributed by atoms with Crippen LogP contribution in [0.5, 0.6) is 0 Å². The average Bonchev–Trinajstić information content (AvgIpc) is 2.94. The van der Waals surface area contributed by atoms with Gasteiger partial charge in [0.15, 0.2) is 0 Å². The van der Waals surface area contributed by atoms with Crippen LogP contribution >= 0.6 is 23.2 Å². The first-order valence-corrected chi connectivity index (χ1v) is 13.7. The SMILES string of the molecule is CC(NC(=O)C[C@H](CC(=O)O)c1ccccc1)C(Cc1ccc(Cl)c(Cl)c1)c1ccc(-c2ccccc2)cc1. The standard InChI is InChI=1S/C33H31Cl2NO3/c1-22(36-32(37)20-28(21-33(38)39)25-10-6-3-7-11-25)29(18-23-12-17-30(34)31(35)19-23)27-15-13-26(14-16-27)24-8-4-2-5-9-24/h2-17,19,22,28-29H,18,20-21H2,1H3,(H,36,37)(H,38,39)/t22?,28-,29?/m1/s1. The lowest BCUT2D eigenvalue weighted by atomic mass is 9.85. The van der Waals surface area contributed by atoms with Crippen molar-refractivity contribution in [3.8, 4) is 11.1 Å². The van der Waals surface area contributed by atoms with E-state index < -0.39 is 11.9 Å². The normalized spacial score (nSPS) is 13.3. The van der Waals surface area contributed by atoms with E-state index in [0.717, 1.165) is 27.8 Å². The van der Waals surface area contributed by atoms with Crippen molar-refractivity contribution in [1.82, 2.24) is 5.32 Å². The summed E-state index contributed by atoms with van der Waals surface area (Å²) < 4.78 is 0. The van der Waals surface area contributed by atoms with Crippen LogP contribution in [-0.4, -0.2) is 23.0 Å². The van der Waals surface area contributed by atoms with Gasteiger partial charge in [-0.3, -0.25) is 9.59 Å². The second kappa shape index (κ2) is 13.5. The van der Waals surface area contributed by atoms with Crippen molar-refractivity contribution in [2.24, 2.45) is 0 Å². The molecule has 4 aromatic rings. The lowest BCUT2D eigenvalue weighted by Crippen LogP contribution is -2.38. The second-order valence-corrected chi connectivity index (χ2v) is 10.6. The van der Waals surface area contributed by atoms with Gasteiger partial charge in [0, 0.05) is 24.3 Å². The number of nitrogens with one attached hydrogen (secondary N) is 1. The molecule has 0 aliphatic heterocycles. The van der Waals surface area contributed by atoms with Gasteiger partial charge in [0.2, 0.25) is 5.91 Å². The van der Waals surface area contributed by atoms with Crippen molar-refractivity contribution in [3.05, 3.63) is 130 Å². The molecule has 0 saturated heterocycles. The van der Waals surface area contributed by atoms with Crippen LogP contribution in [0.4, 0.5) is 0 Å². The Morgan fingerprint density at radius 1 is 0.744 bits per heavy atom. The number of halogens is 2. The first-order valence-electron chi connectivity index (χ1n) is 13.0. The average molecular weight is 561 g/mol. The van der Waals surface area contributed by atoms with Crippen LogP contribution in [-0.2, 0) is 16.0 Å². The summed E-state index contributed by atoms with van der Waals surface area (Å²) in [6.45, 7) is 1.99. The summed E-state index contributed by atoms with van der Waals surface area (Å²) in [6, 6.07) is 33.3. The number of rotatable bonds is 11. The minimum atomic E-state index is -0.930. The van der Waals surface area contributed by atoms with Crippen molar-refractivity contribution in [2.75, 3.05) is 0 Å². The van der Waals surface area contributed by atoms with Gasteiger partial charge in [-0.25, -0.2) is 0 Å². The monoisotopic (exact) mass is 559 g/mol. The molecule has 3 atom stereocenters. The third-order valence-electron chi connectivity index (χ3n) is 7.00. The highest BCUT2D eigenvalue weighted by atomic mass is 35.5. The molecule has 4 rings (SSSR count). The van der Waals surface area contributed by atoms with Crippen molar-refractivity contribution >= 4 is 35.1 Å². The summed E-state index contributed by atoms with van der Waals surface area (Å²) in [4.78, 5) is 24.7. The lowest BCUT2D eigenvalue weighted by molar-refractivity contribution is -0.137. The highest BCUT2D eigenvalue weighted by Gasteiger charge is 2.25. The number of benzene rings is 4. The molecule has 0 spiro atoms. The molecular weight excluding hydrogens is 529 g/mol. The Hall–Kier alpha value is -3.60. The van der Waals surface area contributed by atoms with E-state index in [-0.39, 0.29) is 30.7 Å². The number of carboxylic acids is 1. The van der Waals surface area contributed by atoms with E-state index in [2.05, 4.69) is 41.7 Å². The number of aliphatic carboxylic acids is 1. The number of amides is 1.